The van der Waals surface area contributed by atoms with Crippen LogP contribution in [0.25, 0.3) is 0 Å². The number of hydrogen-bond donors (Lipinski definition) is 0. The van der Waals surface area contributed by atoms with Gasteiger partial charge in [-0.25, -0.2) is 4.39 Å². The van der Waals surface area contributed by atoms with Gasteiger partial charge in [0.1, 0.15) is 11.6 Å². The van der Waals surface area contributed by atoms with E-state index in [1.54, 1.807) is 19.2 Å². The van der Waals surface area contributed by atoms with Crippen LogP contribution in [0.4, 0.5) is 4.39 Å². The predicted molar refractivity (Wildman–Crippen MR) is 81.4 cm³/mol. The van der Waals surface area contributed by atoms with Crippen molar-refractivity contribution in [2.75, 3.05) is 26.8 Å². The zero-order valence-corrected chi connectivity index (χ0v) is 13.3. The Morgan fingerprint density at radius 3 is 3.13 bits per heavy atom. The fourth-order valence-electron chi connectivity index (χ4n) is 4.24. The summed E-state index contributed by atoms with van der Waals surface area (Å²) in [5.74, 6) is 0.566. The number of benzene rings is 1. The van der Waals surface area contributed by atoms with Gasteiger partial charge in [0.2, 0.25) is 5.91 Å². The van der Waals surface area contributed by atoms with E-state index in [9.17, 15) is 9.18 Å². The summed E-state index contributed by atoms with van der Waals surface area (Å²) in [5.41, 5.74) is 0.119. The van der Waals surface area contributed by atoms with Crippen LogP contribution in [0.1, 0.15) is 24.8 Å². The smallest absolute Gasteiger partial charge is 0.226 e. The zero-order valence-electron chi connectivity index (χ0n) is 13.3. The molecule has 0 N–H and O–H groups in total. The molecule has 0 saturated carbocycles. The van der Waals surface area contributed by atoms with Crippen molar-refractivity contribution in [3.05, 3.63) is 29.6 Å². The minimum absolute atomic E-state index is 0.0147. The van der Waals surface area contributed by atoms with Gasteiger partial charge in [0, 0.05) is 38.0 Å². The molecule has 1 amide bonds. The number of rotatable bonds is 3. The number of methoxy groups -OCH3 is 1. The average molecular weight is 320 g/mol. The van der Waals surface area contributed by atoms with Gasteiger partial charge in [-0.1, -0.05) is 0 Å². The maximum Gasteiger partial charge on any atom is 0.226 e. The second-order valence-corrected chi connectivity index (χ2v) is 6.49. The largest absolute Gasteiger partial charge is 0.497 e. The molecule has 23 heavy (non-hydrogen) atoms. The van der Waals surface area contributed by atoms with Crippen LogP contribution in [-0.2, 0) is 16.1 Å². The van der Waals surface area contributed by atoms with Crippen LogP contribution in [0.2, 0.25) is 0 Å². The quantitative estimate of drug-likeness (QED) is 0.851. The Kier molecular flexibility index (Phi) is 3.54. The van der Waals surface area contributed by atoms with E-state index in [0.29, 0.717) is 30.9 Å². The van der Waals surface area contributed by atoms with Gasteiger partial charge in [-0.2, -0.15) is 0 Å². The van der Waals surface area contributed by atoms with Crippen molar-refractivity contribution < 1.29 is 18.7 Å². The fraction of sp³-hybridized carbons (Fsp3) is 0.588. The number of carbonyl (C=O) groups excluding carboxylic acids is 1. The van der Waals surface area contributed by atoms with Gasteiger partial charge in [-0.3, -0.25) is 9.69 Å². The lowest BCUT2D eigenvalue weighted by Gasteiger charge is -2.42. The molecule has 0 aliphatic carbocycles. The van der Waals surface area contributed by atoms with Crippen molar-refractivity contribution in [3.8, 4) is 5.75 Å². The van der Waals surface area contributed by atoms with Crippen molar-refractivity contribution in [2.45, 2.75) is 37.6 Å². The molecule has 2 atom stereocenters. The van der Waals surface area contributed by atoms with E-state index >= 15 is 0 Å². The highest BCUT2D eigenvalue weighted by Gasteiger charge is 2.60. The van der Waals surface area contributed by atoms with Crippen LogP contribution < -0.4 is 4.74 Å². The van der Waals surface area contributed by atoms with Gasteiger partial charge in [-0.05, 0) is 24.6 Å². The van der Waals surface area contributed by atoms with Crippen LogP contribution in [0.3, 0.4) is 0 Å². The molecule has 3 fully saturated rings. The Morgan fingerprint density at radius 2 is 2.30 bits per heavy atom. The third-order valence-corrected chi connectivity index (χ3v) is 5.35. The highest BCUT2D eigenvalue weighted by molar-refractivity contribution is 5.81. The van der Waals surface area contributed by atoms with Crippen molar-refractivity contribution >= 4 is 5.91 Å². The Labute approximate surface area is 135 Å². The molecule has 0 aromatic heterocycles. The topological polar surface area (TPSA) is 42.0 Å². The summed E-state index contributed by atoms with van der Waals surface area (Å²) < 4.78 is 25.4. The molecule has 1 spiro atoms. The van der Waals surface area contributed by atoms with E-state index in [0.717, 1.165) is 25.9 Å². The van der Waals surface area contributed by atoms with Crippen molar-refractivity contribution in [3.63, 3.8) is 0 Å². The number of likely N-dealkylation sites (tertiary alicyclic amines) is 1. The SMILES string of the molecule is COc1ccc(F)c(CN2CC[C@@]34OCCCN3C(=O)C[C@@H]24)c1. The maximum atomic E-state index is 14.1. The van der Waals surface area contributed by atoms with E-state index in [-0.39, 0.29) is 17.8 Å². The van der Waals surface area contributed by atoms with Gasteiger partial charge >= 0.3 is 0 Å². The van der Waals surface area contributed by atoms with E-state index in [2.05, 4.69) is 4.90 Å². The molecule has 4 rings (SSSR count). The van der Waals surface area contributed by atoms with E-state index in [4.69, 9.17) is 9.47 Å². The summed E-state index contributed by atoms with van der Waals surface area (Å²) in [7, 11) is 1.57. The second kappa shape index (κ2) is 5.46. The second-order valence-electron chi connectivity index (χ2n) is 6.49. The summed E-state index contributed by atoms with van der Waals surface area (Å²) in [5, 5.41) is 0. The Morgan fingerprint density at radius 1 is 1.43 bits per heavy atom. The Hall–Kier alpha value is -1.66. The third kappa shape index (κ3) is 2.23. The van der Waals surface area contributed by atoms with E-state index < -0.39 is 5.72 Å². The van der Waals surface area contributed by atoms with Gasteiger partial charge in [0.05, 0.1) is 19.8 Å². The lowest BCUT2D eigenvalue weighted by Crippen LogP contribution is -2.56. The molecule has 3 saturated heterocycles. The highest BCUT2D eigenvalue weighted by atomic mass is 19.1. The van der Waals surface area contributed by atoms with Crippen molar-refractivity contribution in [2.24, 2.45) is 0 Å². The summed E-state index contributed by atoms with van der Waals surface area (Å²) in [6, 6.07) is 4.80. The molecule has 0 radical (unpaired) electrons. The predicted octanol–water partition coefficient (Wildman–Crippen LogP) is 1.76. The number of halogens is 1. The molecular weight excluding hydrogens is 299 g/mol. The van der Waals surface area contributed by atoms with Crippen LogP contribution in [0.5, 0.6) is 5.75 Å². The minimum Gasteiger partial charge on any atom is -0.497 e. The van der Waals surface area contributed by atoms with E-state index in [1.807, 2.05) is 4.90 Å². The number of ether oxygens (including phenoxy) is 2. The number of nitrogens with zero attached hydrogens (tertiary/aromatic N) is 2. The van der Waals surface area contributed by atoms with Crippen molar-refractivity contribution in [1.82, 2.24) is 9.80 Å². The third-order valence-electron chi connectivity index (χ3n) is 5.35. The van der Waals surface area contributed by atoms with Crippen LogP contribution >= 0.6 is 0 Å². The monoisotopic (exact) mass is 320 g/mol. The standard InChI is InChI=1S/C17H21FN2O3/c1-22-13-3-4-14(18)12(9-13)11-19-7-5-17-15(19)10-16(21)20(17)6-2-8-23-17/h3-4,9,15H,2,5-8,10-11H2,1H3/t15-,17+/m1/s1. The van der Waals surface area contributed by atoms with Gasteiger partial charge in [-0.15, -0.1) is 0 Å². The summed E-state index contributed by atoms with van der Waals surface area (Å²) in [6.07, 6.45) is 2.16. The molecule has 124 valence electrons. The molecule has 5 nitrogen and oxygen atoms in total. The van der Waals surface area contributed by atoms with Crippen molar-refractivity contribution in [1.29, 1.82) is 0 Å². The summed E-state index contributed by atoms with van der Waals surface area (Å²) >= 11 is 0. The molecule has 0 bridgehead atoms. The van der Waals surface area contributed by atoms with Crippen LogP contribution in [-0.4, -0.2) is 54.3 Å². The van der Waals surface area contributed by atoms with Crippen LogP contribution in [0, 0.1) is 5.82 Å². The molecular formula is C17H21FN2O3. The molecule has 1 aromatic rings. The Balaban J connectivity index is 1.59. The summed E-state index contributed by atoms with van der Waals surface area (Å²) in [4.78, 5) is 16.4. The fourth-order valence-corrected chi connectivity index (χ4v) is 4.24. The number of amides is 1. The molecule has 3 aliphatic heterocycles. The average Bonchev–Trinajstić information content (AvgIpc) is 3.03. The maximum absolute atomic E-state index is 14.1. The van der Waals surface area contributed by atoms with Gasteiger partial charge in [0.25, 0.3) is 0 Å². The lowest BCUT2D eigenvalue weighted by molar-refractivity contribution is -0.180. The zero-order chi connectivity index (χ0) is 16.0. The first-order chi connectivity index (χ1) is 11.1. The molecule has 1 aromatic carbocycles. The molecule has 6 heteroatoms. The number of hydrogen-bond acceptors (Lipinski definition) is 4. The molecule has 0 unspecified atom stereocenters. The van der Waals surface area contributed by atoms with Gasteiger partial charge in [0.15, 0.2) is 5.72 Å². The van der Waals surface area contributed by atoms with Crippen LogP contribution in [0.15, 0.2) is 18.2 Å². The molecule has 3 aliphatic rings. The lowest BCUT2D eigenvalue weighted by atomic mass is 10.0. The first-order valence-corrected chi connectivity index (χ1v) is 8.15. The Bertz CT molecular complexity index is 638. The first-order valence-electron chi connectivity index (χ1n) is 8.15. The van der Waals surface area contributed by atoms with E-state index in [1.165, 1.54) is 6.07 Å². The normalized spacial score (nSPS) is 30.4. The first kappa shape index (κ1) is 14.9. The highest BCUT2D eigenvalue weighted by Crippen LogP contribution is 2.45. The minimum atomic E-state index is -0.481. The molecule has 3 heterocycles. The van der Waals surface area contributed by atoms with Gasteiger partial charge < -0.3 is 14.4 Å². The number of carbonyl (C=O) groups is 1. The summed E-state index contributed by atoms with van der Waals surface area (Å²) in [6.45, 7) is 2.75.